The van der Waals surface area contributed by atoms with Crippen molar-refractivity contribution >= 4 is 45.6 Å². The minimum absolute atomic E-state index is 0.357. The topological polar surface area (TPSA) is 54.9 Å². The first-order valence-corrected chi connectivity index (χ1v) is 6.66. The van der Waals surface area contributed by atoms with Gasteiger partial charge in [0.2, 0.25) is 5.13 Å². The highest BCUT2D eigenvalue weighted by Gasteiger charge is 2.16. The number of nitrogens with zero attached hydrogens (tertiary/aromatic N) is 2. The van der Waals surface area contributed by atoms with Gasteiger partial charge < -0.3 is 0 Å². The fraction of sp³-hybridized carbons (Fsp3) is 0.667. The zero-order valence-corrected chi connectivity index (χ0v) is 11.4. The lowest BCUT2D eigenvalue weighted by atomic mass is 10.1. The van der Waals surface area contributed by atoms with E-state index in [1.54, 1.807) is 0 Å². The van der Waals surface area contributed by atoms with Crippen molar-refractivity contribution in [2.75, 3.05) is 5.32 Å². The molecule has 4 nitrogen and oxygen atoms in total. The number of alkyl halides is 2. The highest BCUT2D eigenvalue weighted by Crippen LogP contribution is 2.26. The number of rotatable bonds is 5. The van der Waals surface area contributed by atoms with Crippen molar-refractivity contribution in [2.24, 2.45) is 0 Å². The Labute approximate surface area is 108 Å². The summed E-state index contributed by atoms with van der Waals surface area (Å²) in [6.07, 6.45) is 2.14. The molecule has 0 aromatic carbocycles. The normalized spacial score (nSPS) is 12.8. The molecule has 1 aromatic rings. The number of halogens is 2. The summed E-state index contributed by atoms with van der Waals surface area (Å²) in [4.78, 5) is 10.1. The van der Waals surface area contributed by atoms with E-state index in [0.717, 1.165) is 17.8 Å². The molecule has 1 rings (SSSR count). The quantitative estimate of drug-likeness (QED) is 0.844. The van der Waals surface area contributed by atoms with E-state index in [9.17, 15) is 4.79 Å². The molecule has 0 saturated carbocycles. The molecule has 1 amide bonds. The molecule has 0 radical (unpaired) electrons. The lowest BCUT2D eigenvalue weighted by molar-refractivity contribution is -0.114. The van der Waals surface area contributed by atoms with Crippen molar-refractivity contribution in [1.29, 1.82) is 0 Å². The van der Waals surface area contributed by atoms with E-state index >= 15 is 0 Å². The molecule has 0 aliphatic heterocycles. The zero-order valence-electron chi connectivity index (χ0n) is 9.04. The number of nitrogens with one attached hydrogen (secondary N) is 1. The van der Waals surface area contributed by atoms with E-state index in [-0.39, 0.29) is 0 Å². The second-order valence-electron chi connectivity index (χ2n) is 3.43. The summed E-state index contributed by atoms with van der Waals surface area (Å²) in [5.41, 5.74) is 0. The summed E-state index contributed by atoms with van der Waals surface area (Å²) in [6.45, 7) is 4.20. The van der Waals surface area contributed by atoms with Crippen LogP contribution >= 0.6 is 34.5 Å². The first-order valence-electron chi connectivity index (χ1n) is 4.97. The molecule has 7 heteroatoms. The van der Waals surface area contributed by atoms with Crippen LogP contribution in [0.15, 0.2) is 0 Å². The summed E-state index contributed by atoms with van der Waals surface area (Å²) < 4.78 is 0. The van der Waals surface area contributed by atoms with Crippen molar-refractivity contribution in [3.63, 3.8) is 0 Å². The Kier molecular flexibility index (Phi) is 5.44. The van der Waals surface area contributed by atoms with Gasteiger partial charge in [0.15, 0.2) is 4.84 Å². The number of amides is 1. The maximum absolute atomic E-state index is 11.2. The molecule has 0 bridgehead atoms. The van der Waals surface area contributed by atoms with Crippen LogP contribution in [0.25, 0.3) is 0 Å². The smallest absolute Gasteiger partial charge is 0.259 e. The summed E-state index contributed by atoms with van der Waals surface area (Å²) in [6, 6.07) is 0. The van der Waals surface area contributed by atoms with Gasteiger partial charge >= 0.3 is 0 Å². The Balaban J connectivity index is 2.61. The summed E-state index contributed by atoms with van der Waals surface area (Å²) in [5, 5.41) is 11.7. The Morgan fingerprint density at radius 3 is 2.75 bits per heavy atom. The van der Waals surface area contributed by atoms with E-state index in [1.165, 1.54) is 11.3 Å². The van der Waals surface area contributed by atoms with E-state index in [0.29, 0.717) is 11.0 Å². The van der Waals surface area contributed by atoms with Crippen molar-refractivity contribution in [3.05, 3.63) is 5.01 Å². The van der Waals surface area contributed by atoms with E-state index < -0.39 is 10.7 Å². The van der Waals surface area contributed by atoms with E-state index in [2.05, 4.69) is 29.4 Å². The number of carbonyl (C=O) groups is 1. The van der Waals surface area contributed by atoms with Gasteiger partial charge in [0.1, 0.15) is 5.01 Å². The Bertz CT molecular complexity index is 356. The molecular weight excluding hydrogens is 269 g/mol. The van der Waals surface area contributed by atoms with Gasteiger partial charge in [-0.15, -0.1) is 10.2 Å². The SMILES string of the molecule is CCC[C@H](C)c1nnc(NC(=O)C(Cl)Cl)s1. The molecule has 1 aromatic heterocycles. The van der Waals surface area contributed by atoms with Gasteiger partial charge in [-0.1, -0.05) is 54.8 Å². The third-order valence-electron chi connectivity index (χ3n) is 2.01. The number of hydrogen-bond acceptors (Lipinski definition) is 4. The Hall–Kier alpha value is -0.390. The molecule has 90 valence electrons. The van der Waals surface area contributed by atoms with Crippen LogP contribution in [0.1, 0.15) is 37.6 Å². The molecule has 0 spiro atoms. The Morgan fingerprint density at radius 2 is 2.19 bits per heavy atom. The maximum Gasteiger partial charge on any atom is 0.259 e. The molecule has 0 unspecified atom stereocenters. The number of anilines is 1. The summed E-state index contributed by atoms with van der Waals surface area (Å²) in [5.74, 6) is -0.120. The molecule has 0 aliphatic rings. The second kappa shape index (κ2) is 6.37. The largest absolute Gasteiger partial charge is 0.298 e. The van der Waals surface area contributed by atoms with E-state index in [1.807, 2.05) is 0 Å². The third kappa shape index (κ3) is 3.88. The van der Waals surface area contributed by atoms with Crippen molar-refractivity contribution in [2.45, 2.75) is 37.4 Å². The van der Waals surface area contributed by atoms with Gasteiger partial charge in [-0.25, -0.2) is 0 Å². The predicted octanol–water partition coefficient (Wildman–Crippen LogP) is 3.18. The van der Waals surface area contributed by atoms with Crippen LogP contribution in [0, 0.1) is 0 Å². The first kappa shape index (κ1) is 13.7. The second-order valence-corrected chi connectivity index (χ2v) is 5.53. The standard InChI is InChI=1S/C9H13Cl2N3OS/c1-3-4-5(2)8-13-14-9(16-8)12-7(15)6(10)11/h5-6H,3-4H2,1-2H3,(H,12,14,15)/t5-/m0/s1. The summed E-state index contributed by atoms with van der Waals surface area (Å²) >= 11 is 12.2. The average Bonchev–Trinajstić information content (AvgIpc) is 2.66. The summed E-state index contributed by atoms with van der Waals surface area (Å²) in [7, 11) is 0. The Morgan fingerprint density at radius 1 is 1.50 bits per heavy atom. The minimum atomic E-state index is -1.08. The van der Waals surface area contributed by atoms with Crippen LogP contribution in [-0.4, -0.2) is 20.9 Å². The average molecular weight is 282 g/mol. The van der Waals surface area contributed by atoms with Crippen LogP contribution in [0.5, 0.6) is 0 Å². The van der Waals surface area contributed by atoms with Crippen LogP contribution < -0.4 is 5.32 Å². The molecular formula is C9H13Cl2N3OS. The molecule has 0 saturated heterocycles. The van der Waals surface area contributed by atoms with E-state index in [4.69, 9.17) is 23.2 Å². The van der Waals surface area contributed by atoms with Crippen molar-refractivity contribution in [3.8, 4) is 0 Å². The molecule has 1 heterocycles. The predicted molar refractivity (Wildman–Crippen MR) is 67.4 cm³/mol. The monoisotopic (exact) mass is 281 g/mol. The van der Waals surface area contributed by atoms with Gasteiger partial charge in [-0.2, -0.15) is 0 Å². The minimum Gasteiger partial charge on any atom is -0.298 e. The van der Waals surface area contributed by atoms with Crippen LogP contribution in [0.3, 0.4) is 0 Å². The fourth-order valence-electron chi connectivity index (χ4n) is 1.20. The molecule has 1 N–H and O–H groups in total. The van der Waals surface area contributed by atoms with Crippen LogP contribution in [0.2, 0.25) is 0 Å². The number of carbonyl (C=O) groups excluding carboxylic acids is 1. The fourth-order valence-corrected chi connectivity index (χ4v) is 2.14. The van der Waals surface area contributed by atoms with Crippen molar-refractivity contribution in [1.82, 2.24) is 10.2 Å². The lowest BCUT2D eigenvalue weighted by Gasteiger charge is -2.03. The van der Waals surface area contributed by atoms with Gasteiger partial charge in [-0.05, 0) is 6.42 Å². The molecule has 0 aliphatic carbocycles. The third-order valence-corrected chi connectivity index (χ3v) is 3.48. The van der Waals surface area contributed by atoms with Gasteiger partial charge in [-0.3, -0.25) is 10.1 Å². The lowest BCUT2D eigenvalue weighted by Crippen LogP contribution is -2.18. The highest BCUT2D eigenvalue weighted by atomic mass is 35.5. The first-order chi connectivity index (χ1) is 7.54. The maximum atomic E-state index is 11.2. The van der Waals surface area contributed by atoms with Gasteiger partial charge in [0.25, 0.3) is 5.91 Å². The molecule has 16 heavy (non-hydrogen) atoms. The van der Waals surface area contributed by atoms with Gasteiger partial charge in [0, 0.05) is 5.92 Å². The highest BCUT2D eigenvalue weighted by molar-refractivity contribution is 7.15. The number of hydrogen-bond donors (Lipinski definition) is 1. The molecule has 1 atom stereocenters. The van der Waals surface area contributed by atoms with Gasteiger partial charge in [0.05, 0.1) is 0 Å². The van der Waals surface area contributed by atoms with Crippen LogP contribution in [-0.2, 0) is 4.79 Å². The van der Waals surface area contributed by atoms with Crippen molar-refractivity contribution < 1.29 is 4.79 Å². The zero-order chi connectivity index (χ0) is 12.1. The van der Waals surface area contributed by atoms with Crippen LogP contribution in [0.4, 0.5) is 5.13 Å². The number of aromatic nitrogens is 2. The molecule has 0 fully saturated rings.